The number of halogens is 4. The highest BCUT2D eigenvalue weighted by atomic mass is 19.3. The van der Waals surface area contributed by atoms with Gasteiger partial charge in [-0.1, -0.05) is 31.4 Å². The molecular weight excluding hydrogens is 286 g/mol. The second kappa shape index (κ2) is 6.64. The molecule has 0 amide bonds. The van der Waals surface area contributed by atoms with Gasteiger partial charge in [-0.25, -0.2) is 0 Å². The number of nitrogens with two attached hydrogens (primary N) is 1. The molecule has 1 saturated carbocycles. The quantitative estimate of drug-likeness (QED) is 0.813. The molecule has 118 valence electrons. The average Bonchev–Trinajstić information content (AvgIpc) is 2.48. The van der Waals surface area contributed by atoms with E-state index in [0.29, 0.717) is 5.92 Å². The van der Waals surface area contributed by atoms with Crippen LogP contribution >= 0.6 is 0 Å². The van der Waals surface area contributed by atoms with Crippen LogP contribution in [0.2, 0.25) is 0 Å². The largest absolute Gasteiger partial charge is 0.461 e. The fourth-order valence-corrected chi connectivity index (χ4v) is 2.73. The summed E-state index contributed by atoms with van der Waals surface area (Å²) in [5, 5.41) is 0. The first-order chi connectivity index (χ1) is 9.90. The maximum absolute atomic E-state index is 12.8. The van der Waals surface area contributed by atoms with Crippen molar-refractivity contribution in [3.05, 3.63) is 29.8 Å². The van der Waals surface area contributed by atoms with Gasteiger partial charge in [0.2, 0.25) is 0 Å². The number of hydrogen-bond acceptors (Lipinski definition) is 2. The molecule has 0 aliphatic heterocycles. The normalized spacial score (nSPS) is 18.8. The molecule has 1 aromatic rings. The second-order valence-corrected chi connectivity index (χ2v) is 5.46. The molecule has 2 rings (SSSR count). The van der Waals surface area contributed by atoms with Gasteiger partial charge in [-0.2, -0.15) is 17.6 Å². The fourth-order valence-electron chi connectivity index (χ4n) is 2.73. The van der Waals surface area contributed by atoms with E-state index >= 15 is 0 Å². The van der Waals surface area contributed by atoms with Crippen molar-refractivity contribution in [3.8, 4) is 5.75 Å². The van der Waals surface area contributed by atoms with Crippen molar-refractivity contribution in [2.24, 2.45) is 11.7 Å². The molecule has 2 N–H and O–H groups in total. The molecule has 21 heavy (non-hydrogen) atoms. The van der Waals surface area contributed by atoms with Gasteiger partial charge < -0.3 is 10.5 Å². The van der Waals surface area contributed by atoms with Crippen LogP contribution in [0.15, 0.2) is 24.3 Å². The van der Waals surface area contributed by atoms with E-state index in [-0.39, 0.29) is 11.8 Å². The monoisotopic (exact) mass is 305 g/mol. The van der Waals surface area contributed by atoms with Gasteiger partial charge in [0, 0.05) is 6.04 Å². The lowest BCUT2D eigenvalue weighted by Crippen LogP contribution is -2.33. The Labute approximate surface area is 121 Å². The molecule has 0 unspecified atom stereocenters. The fraction of sp³-hybridized carbons (Fsp3) is 0.600. The third-order valence-electron chi connectivity index (χ3n) is 3.93. The highest BCUT2D eigenvalue weighted by Crippen LogP contribution is 2.34. The van der Waals surface area contributed by atoms with Gasteiger partial charge in [0.15, 0.2) is 0 Å². The van der Waals surface area contributed by atoms with Gasteiger partial charge in [0.05, 0.1) is 0 Å². The van der Waals surface area contributed by atoms with Crippen LogP contribution in [-0.2, 0) is 0 Å². The van der Waals surface area contributed by atoms with E-state index in [9.17, 15) is 17.6 Å². The zero-order chi connectivity index (χ0) is 15.5. The lowest BCUT2D eigenvalue weighted by Gasteiger charge is -2.28. The Bertz CT molecular complexity index is 443. The zero-order valence-corrected chi connectivity index (χ0v) is 11.6. The summed E-state index contributed by atoms with van der Waals surface area (Å²) < 4.78 is 53.7. The van der Waals surface area contributed by atoms with Crippen molar-refractivity contribution in [1.29, 1.82) is 0 Å². The minimum Gasteiger partial charge on any atom is -0.428 e. The van der Waals surface area contributed by atoms with Crippen molar-refractivity contribution in [1.82, 2.24) is 0 Å². The molecule has 0 heterocycles. The third-order valence-corrected chi connectivity index (χ3v) is 3.93. The van der Waals surface area contributed by atoms with Crippen LogP contribution in [0.3, 0.4) is 0 Å². The van der Waals surface area contributed by atoms with Crippen molar-refractivity contribution in [2.45, 2.75) is 50.7 Å². The minimum atomic E-state index is -4.48. The van der Waals surface area contributed by atoms with Gasteiger partial charge >= 0.3 is 12.5 Å². The Hall–Kier alpha value is -1.30. The van der Waals surface area contributed by atoms with Crippen LogP contribution in [0.1, 0.15) is 43.7 Å². The summed E-state index contributed by atoms with van der Waals surface area (Å²) in [5.41, 5.74) is 7.00. The van der Waals surface area contributed by atoms with E-state index in [2.05, 4.69) is 4.74 Å². The number of benzene rings is 1. The van der Waals surface area contributed by atoms with Gasteiger partial charge in [0.25, 0.3) is 0 Å². The first-order valence-corrected chi connectivity index (χ1v) is 7.10. The second-order valence-electron chi connectivity index (χ2n) is 5.46. The summed E-state index contributed by atoms with van der Waals surface area (Å²) in [6.07, 6.45) is -2.70. The lowest BCUT2D eigenvalue weighted by atomic mass is 9.81. The predicted molar refractivity (Wildman–Crippen MR) is 71.5 cm³/mol. The lowest BCUT2D eigenvalue weighted by molar-refractivity contribution is -0.253. The Balaban J connectivity index is 2.01. The standard InChI is InChI=1S/C15H19F4NO/c16-14(17)15(18,19)21-12-8-6-11(7-9-12)13(20)10-4-2-1-3-5-10/h6-10,13-14H,1-5,20H2/t13-/m0/s1. The molecule has 1 atom stereocenters. The molecule has 0 radical (unpaired) electrons. The van der Waals surface area contributed by atoms with Gasteiger partial charge in [-0.15, -0.1) is 0 Å². The number of ether oxygens (including phenoxy) is 1. The van der Waals surface area contributed by atoms with E-state index < -0.39 is 12.5 Å². The summed E-state index contributed by atoms with van der Waals surface area (Å²) in [6, 6.07) is 5.49. The molecule has 0 spiro atoms. The number of alkyl halides is 4. The van der Waals surface area contributed by atoms with Crippen LogP contribution in [0.5, 0.6) is 5.75 Å². The maximum atomic E-state index is 12.8. The predicted octanol–water partition coefficient (Wildman–Crippen LogP) is 4.50. The first-order valence-electron chi connectivity index (χ1n) is 7.10. The van der Waals surface area contributed by atoms with E-state index in [1.54, 1.807) is 12.1 Å². The molecule has 1 aliphatic rings. The number of hydrogen-bond donors (Lipinski definition) is 1. The topological polar surface area (TPSA) is 35.2 Å². The van der Waals surface area contributed by atoms with Crippen molar-refractivity contribution in [3.63, 3.8) is 0 Å². The molecule has 2 nitrogen and oxygen atoms in total. The van der Waals surface area contributed by atoms with E-state index in [0.717, 1.165) is 31.2 Å². The minimum absolute atomic E-state index is 0.157. The van der Waals surface area contributed by atoms with E-state index in [1.165, 1.54) is 18.6 Å². The van der Waals surface area contributed by atoms with Crippen molar-refractivity contribution >= 4 is 0 Å². The summed E-state index contributed by atoms with van der Waals surface area (Å²) in [7, 11) is 0. The molecular formula is C15H19F4NO. The van der Waals surface area contributed by atoms with Crippen molar-refractivity contribution < 1.29 is 22.3 Å². The van der Waals surface area contributed by atoms with E-state index in [1.807, 2.05) is 0 Å². The summed E-state index contributed by atoms with van der Waals surface area (Å²) >= 11 is 0. The molecule has 1 aliphatic carbocycles. The Kier molecular flexibility index (Phi) is 5.08. The summed E-state index contributed by atoms with van der Waals surface area (Å²) in [4.78, 5) is 0. The average molecular weight is 305 g/mol. The highest BCUT2D eigenvalue weighted by molar-refractivity contribution is 5.29. The molecule has 6 heteroatoms. The van der Waals surface area contributed by atoms with E-state index in [4.69, 9.17) is 5.73 Å². The van der Waals surface area contributed by atoms with Crippen LogP contribution in [0.25, 0.3) is 0 Å². The number of rotatable bonds is 5. The smallest absolute Gasteiger partial charge is 0.428 e. The maximum Gasteiger partial charge on any atom is 0.461 e. The first kappa shape index (κ1) is 16.1. The van der Waals surface area contributed by atoms with Crippen LogP contribution < -0.4 is 10.5 Å². The Morgan fingerprint density at radius 3 is 2.14 bits per heavy atom. The summed E-state index contributed by atoms with van der Waals surface area (Å²) in [5.74, 6) is 0.0907. The molecule has 0 aromatic heterocycles. The molecule has 0 bridgehead atoms. The van der Waals surface area contributed by atoms with Crippen molar-refractivity contribution in [2.75, 3.05) is 0 Å². The molecule has 1 fully saturated rings. The van der Waals surface area contributed by atoms with Crippen LogP contribution in [0.4, 0.5) is 17.6 Å². The van der Waals surface area contributed by atoms with Crippen LogP contribution in [0, 0.1) is 5.92 Å². The van der Waals surface area contributed by atoms with Gasteiger partial charge in [-0.3, -0.25) is 0 Å². The Morgan fingerprint density at radius 2 is 1.62 bits per heavy atom. The molecule has 0 saturated heterocycles. The van der Waals surface area contributed by atoms with Gasteiger partial charge in [0.1, 0.15) is 5.75 Å². The highest BCUT2D eigenvalue weighted by Gasteiger charge is 2.43. The van der Waals surface area contributed by atoms with Crippen LogP contribution in [-0.4, -0.2) is 12.5 Å². The van der Waals surface area contributed by atoms with Gasteiger partial charge in [-0.05, 0) is 36.5 Å². The molecule has 1 aromatic carbocycles. The third kappa shape index (κ3) is 4.09. The zero-order valence-electron chi connectivity index (χ0n) is 11.6. The Morgan fingerprint density at radius 1 is 1.05 bits per heavy atom. The SMILES string of the molecule is N[C@H](c1ccc(OC(F)(F)C(F)F)cc1)C1CCCCC1. The summed E-state index contributed by atoms with van der Waals surface area (Å²) in [6.45, 7) is 0.